The van der Waals surface area contributed by atoms with Crippen molar-refractivity contribution in [2.75, 3.05) is 7.11 Å². The number of halogens is 2. The predicted octanol–water partition coefficient (Wildman–Crippen LogP) is 2.14. The van der Waals surface area contributed by atoms with Crippen LogP contribution in [0.25, 0.3) is 16.9 Å². The maximum atomic E-state index is 14.2. The van der Waals surface area contributed by atoms with Gasteiger partial charge in [-0.2, -0.15) is 0 Å². The fourth-order valence-electron chi connectivity index (χ4n) is 2.28. The summed E-state index contributed by atoms with van der Waals surface area (Å²) in [5, 5.41) is 3.75. The van der Waals surface area contributed by atoms with Crippen LogP contribution in [0.3, 0.4) is 0 Å². The number of nitrogens with zero attached hydrogens (tertiary/aromatic N) is 5. The van der Waals surface area contributed by atoms with Gasteiger partial charge in [-0.05, 0) is 25.1 Å². The van der Waals surface area contributed by atoms with Crippen molar-refractivity contribution in [2.24, 2.45) is 7.05 Å². The Morgan fingerprint density at radius 3 is 2.71 bits per heavy atom. The zero-order valence-electron chi connectivity index (χ0n) is 13.1. The molecular weight excluding hydrogens is 337 g/mol. The van der Waals surface area contributed by atoms with Crippen LogP contribution in [0.2, 0.25) is 5.15 Å². The molecule has 3 heterocycles. The van der Waals surface area contributed by atoms with Gasteiger partial charge in [-0.25, -0.2) is 23.4 Å². The van der Waals surface area contributed by atoms with E-state index in [2.05, 4.69) is 15.1 Å². The molecule has 7 nitrogen and oxygen atoms in total. The molecule has 0 spiro atoms. The van der Waals surface area contributed by atoms with Crippen molar-refractivity contribution < 1.29 is 9.13 Å². The van der Waals surface area contributed by atoms with Gasteiger partial charge in [0.05, 0.1) is 24.7 Å². The van der Waals surface area contributed by atoms with Crippen LogP contribution < -0.4 is 10.4 Å². The highest BCUT2D eigenvalue weighted by atomic mass is 35.5. The highest BCUT2D eigenvalue weighted by molar-refractivity contribution is 6.29. The number of methoxy groups -OCH3 is 1. The van der Waals surface area contributed by atoms with Gasteiger partial charge in [-0.15, -0.1) is 5.10 Å². The Morgan fingerprint density at radius 2 is 2.08 bits per heavy atom. The van der Waals surface area contributed by atoms with E-state index in [0.717, 1.165) is 4.68 Å². The summed E-state index contributed by atoms with van der Waals surface area (Å²) < 4.78 is 21.7. The lowest BCUT2D eigenvalue weighted by Gasteiger charge is -2.07. The van der Waals surface area contributed by atoms with Gasteiger partial charge in [0.25, 0.3) is 0 Å². The standard InChI is InChI=1S/C15H13ClFN5O2/c1-8-6-10(12(17)13(16)19-8)11-5-4-9(7-18-11)22-14(24-3)20-21(2)15(22)23/h4-7H,1-3H3. The largest absolute Gasteiger partial charge is 0.467 e. The van der Waals surface area contributed by atoms with Crippen molar-refractivity contribution in [2.45, 2.75) is 6.92 Å². The van der Waals surface area contributed by atoms with Crippen LogP contribution in [0.1, 0.15) is 5.69 Å². The van der Waals surface area contributed by atoms with Crippen molar-refractivity contribution >= 4 is 11.6 Å². The number of ether oxygens (including phenoxy) is 1. The lowest BCUT2D eigenvalue weighted by atomic mass is 10.1. The molecule has 0 atom stereocenters. The van der Waals surface area contributed by atoms with E-state index in [-0.39, 0.29) is 22.4 Å². The molecule has 0 bridgehead atoms. The lowest BCUT2D eigenvalue weighted by Crippen LogP contribution is -2.21. The first-order valence-corrected chi connectivity index (χ1v) is 7.29. The summed E-state index contributed by atoms with van der Waals surface area (Å²) in [6.45, 7) is 1.71. The van der Waals surface area contributed by atoms with E-state index >= 15 is 0 Å². The Hall–Kier alpha value is -2.74. The van der Waals surface area contributed by atoms with E-state index in [1.54, 1.807) is 25.1 Å². The average molecular weight is 350 g/mol. The molecule has 0 unspecified atom stereocenters. The second kappa shape index (κ2) is 6.04. The van der Waals surface area contributed by atoms with Crippen molar-refractivity contribution in [3.8, 4) is 23.0 Å². The van der Waals surface area contributed by atoms with Gasteiger partial charge < -0.3 is 4.74 Å². The first-order chi connectivity index (χ1) is 11.4. The van der Waals surface area contributed by atoms with E-state index in [4.69, 9.17) is 16.3 Å². The van der Waals surface area contributed by atoms with E-state index in [0.29, 0.717) is 17.1 Å². The predicted molar refractivity (Wildman–Crippen MR) is 86.1 cm³/mol. The Labute approximate surface area is 141 Å². The molecule has 3 aromatic heterocycles. The molecule has 0 aliphatic carbocycles. The van der Waals surface area contributed by atoms with E-state index in [9.17, 15) is 9.18 Å². The minimum atomic E-state index is -0.640. The third kappa shape index (κ3) is 2.65. The summed E-state index contributed by atoms with van der Waals surface area (Å²) in [4.78, 5) is 20.2. The molecule has 0 aliphatic rings. The van der Waals surface area contributed by atoms with Gasteiger partial charge in [0.2, 0.25) is 0 Å². The second-order valence-corrected chi connectivity index (χ2v) is 5.40. The summed E-state index contributed by atoms with van der Waals surface area (Å²) >= 11 is 5.77. The van der Waals surface area contributed by atoms with Crippen molar-refractivity contribution in [3.05, 3.63) is 51.5 Å². The molecule has 3 rings (SSSR count). The third-order valence-corrected chi connectivity index (χ3v) is 3.66. The Balaban J connectivity index is 2.09. The molecule has 24 heavy (non-hydrogen) atoms. The maximum Gasteiger partial charge on any atom is 0.353 e. The highest BCUT2D eigenvalue weighted by Gasteiger charge is 2.16. The first kappa shape index (κ1) is 16.1. The van der Waals surface area contributed by atoms with Crippen LogP contribution in [-0.4, -0.2) is 31.4 Å². The summed E-state index contributed by atoms with van der Waals surface area (Å²) in [5.74, 6) is -0.640. The van der Waals surface area contributed by atoms with E-state index in [1.165, 1.54) is 24.9 Å². The van der Waals surface area contributed by atoms with Gasteiger partial charge in [-0.3, -0.25) is 4.98 Å². The Bertz CT molecular complexity index is 965. The lowest BCUT2D eigenvalue weighted by molar-refractivity contribution is 0.368. The van der Waals surface area contributed by atoms with Gasteiger partial charge in [0.15, 0.2) is 11.0 Å². The van der Waals surface area contributed by atoms with Crippen LogP contribution in [0, 0.1) is 12.7 Å². The van der Waals surface area contributed by atoms with Crippen LogP contribution in [0.4, 0.5) is 4.39 Å². The molecule has 0 saturated carbocycles. The smallest absolute Gasteiger partial charge is 0.353 e. The number of hydrogen-bond acceptors (Lipinski definition) is 5. The summed E-state index contributed by atoms with van der Waals surface area (Å²) in [6.07, 6.45) is 1.43. The minimum Gasteiger partial charge on any atom is -0.467 e. The van der Waals surface area contributed by atoms with E-state index in [1.807, 2.05) is 0 Å². The fourth-order valence-corrected chi connectivity index (χ4v) is 2.51. The van der Waals surface area contributed by atoms with Crippen molar-refractivity contribution in [1.29, 1.82) is 0 Å². The van der Waals surface area contributed by atoms with E-state index < -0.39 is 5.82 Å². The molecule has 9 heteroatoms. The van der Waals surface area contributed by atoms with Crippen molar-refractivity contribution in [3.63, 3.8) is 0 Å². The zero-order valence-corrected chi connectivity index (χ0v) is 13.9. The van der Waals surface area contributed by atoms with Crippen LogP contribution in [-0.2, 0) is 7.05 Å². The van der Waals surface area contributed by atoms with Crippen molar-refractivity contribution in [1.82, 2.24) is 24.3 Å². The molecule has 124 valence electrons. The molecule has 0 radical (unpaired) electrons. The number of hydrogen-bond donors (Lipinski definition) is 0. The highest BCUT2D eigenvalue weighted by Crippen LogP contribution is 2.26. The molecule has 0 amide bonds. The van der Waals surface area contributed by atoms with Gasteiger partial charge in [-0.1, -0.05) is 11.6 Å². The topological polar surface area (TPSA) is 74.8 Å². The Kier molecular flexibility index (Phi) is 4.06. The number of aromatic nitrogens is 5. The number of aryl methyl sites for hydroxylation is 2. The SMILES string of the molecule is COc1nn(C)c(=O)n1-c1ccc(-c2cc(C)nc(Cl)c2F)nc1. The second-order valence-electron chi connectivity index (χ2n) is 5.05. The van der Waals surface area contributed by atoms with Crippen LogP contribution in [0.5, 0.6) is 6.01 Å². The van der Waals surface area contributed by atoms with Gasteiger partial charge in [0.1, 0.15) is 0 Å². The Morgan fingerprint density at radius 1 is 1.33 bits per heavy atom. The average Bonchev–Trinajstić information content (AvgIpc) is 2.86. The molecule has 0 aromatic carbocycles. The summed E-state index contributed by atoms with van der Waals surface area (Å²) in [5.41, 5.74) is 1.26. The van der Waals surface area contributed by atoms with Gasteiger partial charge >= 0.3 is 11.7 Å². The molecule has 0 aliphatic heterocycles. The normalized spacial score (nSPS) is 10.9. The molecule has 0 N–H and O–H groups in total. The number of rotatable bonds is 3. The van der Waals surface area contributed by atoms with Gasteiger partial charge in [0, 0.05) is 18.3 Å². The molecule has 3 aromatic rings. The first-order valence-electron chi connectivity index (χ1n) is 6.92. The molecule has 0 saturated heterocycles. The summed E-state index contributed by atoms with van der Waals surface area (Å²) in [7, 11) is 2.93. The monoisotopic (exact) mass is 349 g/mol. The summed E-state index contributed by atoms with van der Waals surface area (Å²) in [6, 6.07) is 4.89. The third-order valence-electron chi connectivity index (χ3n) is 3.40. The minimum absolute atomic E-state index is 0.131. The maximum absolute atomic E-state index is 14.2. The van der Waals surface area contributed by atoms with Crippen LogP contribution in [0.15, 0.2) is 29.2 Å². The molecular formula is C15H13ClFN5O2. The number of pyridine rings is 2. The fraction of sp³-hybridized carbons (Fsp3) is 0.200. The molecule has 0 fully saturated rings. The zero-order chi connectivity index (χ0) is 17.4. The quantitative estimate of drug-likeness (QED) is 0.677. The van der Waals surface area contributed by atoms with Crippen LogP contribution >= 0.6 is 11.6 Å².